The van der Waals surface area contributed by atoms with E-state index in [-0.39, 0.29) is 5.91 Å². The highest BCUT2D eigenvalue weighted by molar-refractivity contribution is 5.96. The van der Waals surface area contributed by atoms with E-state index in [0.717, 1.165) is 17.9 Å². The lowest BCUT2D eigenvalue weighted by Crippen LogP contribution is -2.30. The number of rotatable bonds is 2. The maximum Gasteiger partial charge on any atom is 0.227 e. The van der Waals surface area contributed by atoms with Crippen molar-refractivity contribution in [3.8, 4) is 5.75 Å². The third kappa shape index (κ3) is 1.82. The fourth-order valence-corrected chi connectivity index (χ4v) is 1.99. The van der Waals surface area contributed by atoms with Gasteiger partial charge >= 0.3 is 0 Å². The van der Waals surface area contributed by atoms with Crippen LogP contribution < -0.4 is 9.64 Å². The van der Waals surface area contributed by atoms with Crippen LogP contribution >= 0.6 is 0 Å². The zero-order chi connectivity index (χ0) is 10.8. The molecule has 0 saturated carbocycles. The maximum atomic E-state index is 11.7. The first-order valence-electron chi connectivity index (χ1n) is 5.18. The second-order valence-electron chi connectivity index (χ2n) is 3.85. The minimum atomic E-state index is 0.204. The van der Waals surface area contributed by atoms with Crippen molar-refractivity contribution in [2.75, 3.05) is 12.0 Å². The van der Waals surface area contributed by atoms with E-state index in [4.69, 9.17) is 4.74 Å². The van der Waals surface area contributed by atoms with Crippen molar-refractivity contribution in [1.82, 2.24) is 0 Å². The van der Waals surface area contributed by atoms with Gasteiger partial charge in [-0.1, -0.05) is 6.07 Å². The summed E-state index contributed by atoms with van der Waals surface area (Å²) < 4.78 is 5.15. The molecule has 1 aliphatic heterocycles. The topological polar surface area (TPSA) is 29.5 Å². The highest BCUT2D eigenvalue weighted by Crippen LogP contribution is 2.28. The van der Waals surface area contributed by atoms with E-state index in [9.17, 15) is 4.79 Å². The van der Waals surface area contributed by atoms with Crippen LogP contribution in [0.2, 0.25) is 0 Å². The SMILES string of the molecule is COc1cccc(N2C(=O)CC[C@@H]2C)c1. The molecule has 1 saturated heterocycles. The molecule has 0 unspecified atom stereocenters. The summed E-state index contributed by atoms with van der Waals surface area (Å²) in [5.41, 5.74) is 0.935. The van der Waals surface area contributed by atoms with Crippen LogP contribution in [-0.2, 0) is 4.79 Å². The van der Waals surface area contributed by atoms with Crippen molar-refractivity contribution in [3.63, 3.8) is 0 Å². The van der Waals surface area contributed by atoms with Gasteiger partial charge in [-0.25, -0.2) is 0 Å². The van der Waals surface area contributed by atoms with Crippen molar-refractivity contribution in [2.45, 2.75) is 25.8 Å². The molecule has 0 spiro atoms. The molecule has 1 aromatic rings. The van der Waals surface area contributed by atoms with Gasteiger partial charge in [0.05, 0.1) is 7.11 Å². The molecule has 0 radical (unpaired) electrons. The molecule has 0 N–H and O–H groups in total. The fraction of sp³-hybridized carbons (Fsp3) is 0.417. The molecule has 1 aliphatic rings. The van der Waals surface area contributed by atoms with Crippen molar-refractivity contribution in [3.05, 3.63) is 24.3 Å². The number of anilines is 1. The second kappa shape index (κ2) is 3.93. The average molecular weight is 205 g/mol. The van der Waals surface area contributed by atoms with E-state index in [0.29, 0.717) is 12.5 Å². The predicted molar refractivity (Wildman–Crippen MR) is 59.2 cm³/mol. The van der Waals surface area contributed by atoms with Crippen LogP contribution in [0, 0.1) is 0 Å². The number of benzene rings is 1. The predicted octanol–water partition coefficient (Wildman–Crippen LogP) is 2.21. The smallest absolute Gasteiger partial charge is 0.227 e. The first kappa shape index (κ1) is 10.0. The lowest BCUT2D eigenvalue weighted by Gasteiger charge is -2.22. The van der Waals surface area contributed by atoms with E-state index in [1.165, 1.54) is 0 Å². The Morgan fingerprint density at radius 2 is 2.27 bits per heavy atom. The molecule has 3 nitrogen and oxygen atoms in total. The first-order chi connectivity index (χ1) is 7.22. The Balaban J connectivity index is 2.31. The van der Waals surface area contributed by atoms with E-state index in [1.54, 1.807) is 7.11 Å². The fourth-order valence-electron chi connectivity index (χ4n) is 1.99. The summed E-state index contributed by atoms with van der Waals surface area (Å²) >= 11 is 0. The molecular weight excluding hydrogens is 190 g/mol. The number of ether oxygens (including phenoxy) is 1. The molecule has 2 rings (SSSR count). The molecular formula is C12H15NO2. The second-order valence-corrected chi connectivity index (χ2v) is 3.85. The van der Waals surface area contributed by atoms with Crippen LogP contribution in [-0.4, -0.2) is 19.1 Å². The molecule has 0 aromatic heterocycles. The van der Waals surface area contributed by atoms with Gasteiger partial charge in [-0.05, 0) is 25.5 Å². The molecule has 0 aliphatic carbocycles. The summed E-state index contributed by atoms with van der Waals surface area (Å²) in [6, 6.07) is 7.94. The molecule has 1 amide bonds. The lowest BCUT2D eigenvalue weighted by molar-refractivity contribution is -0.117. The van der Waals surface area contributed by atoms with Crippen molar-refractivity contribution >= 4 is 11.6 Å². The Labute approximate surface area is 89.7 Å². The number of methoxy groups -OCH3 is 1. The van der Waals surface area contributed by atoms with Crippen molar-refractivity contribution in [1.29, 1.82) is 0 Å². The van der Waals surface area contributed by atoms with Gasteiger partial charge in [0.2, 0.25) is 5.91 Å². The van der Waals surface area contributed by atoms with Gasteiger partial charge in [0.15, 0.2) is 0 Å². The van der Waals surface area contributed by atoms with Crippen LogP contribution in [0.15, 0.2) is 24.3 Å². The van der Waals surface area contributed by atoms with Crippen molar-refractivity contribution in [2.24, 2.45) is 0 Å². The highest BCUT2D eigenvalue weighted by Gasteiger charge is 2.28. The maximum absolute atomic E-state index is 11.7. The van der Waals surface area contributed by atoms with Gasteiger partial charge in [-0.2, -0.15) is 0 Å². The van der Waals surface area contributed by atoms with Crippen LogP contribution in [0.5, 0.6) is 5.75 Å². The number of hydrogen-bond acceptors (Lipinski definition) is 2. The lowest BCUT2D eigenvalue weighted by atomic mass is 10.2. The third-order valence-corrected chi connectivity index (χ3v) is 2.82. The van der Waals surface area contributed by atoms with E-state index < -0.39 is 0 Å². The first-order valence-corrected chi connectivity index (χ1v) is 5.18. The van der Waals surface area contributed by atoms with Gasteiger partial charge in [-0.15, -0.1) is 0 Å². The Bertz CT molecular complexity index is 376. The number of nitrogens with zero attached hydrogens (tertiary/aromatic N) is 1. The standard InChI is InChI=1S/C12H15NO2/c1-9-6-7-12(14)13(9)10-4-3-5-11(8-10)15-2/h3-5,8-9H,6-7H2,1-2H3/t9-/m0/s1. The summed E-state index contributed by atoms with van der Waals surface area (Å²) in [5, 5.41) is 0. The molecule has 15 heavy (non-hydrogen) atoms. The van der Waals surface area contributed by atoms with Crippen LogP contribution in [0.4, 0.5) is 5.69 Å². The minimum absolute atomic E-state index is 0.204. The Hall–Kier alpha value is -1.51. The number of amides is 1. The Kier molecular flexibility index (Phi) is 2.62. The third-order valence-electron chi connectivity index (χ3n) is 2.82. The molecule has 1 atom stereocenters. The quantitative estimate of drug-likeness (QED) is 0.740. The van der Waals surface area contributed by atoms with Gasteiger partial charge in [-0.3, -0.25) is 4.79 Å². The van der Waals surface area contributed by atoms with E-state index in [1.807, 2.05) is 29.2 Å². The zero-order valence-electron chi connectivity index (χ0n) is 9.06. The Morgan fingerprint density at radius 3 is 2.87 bits per heavy atom. The Morgan fingerprint density at radius 1 is 1.47 bits per heavy atom. The van der Waals surface area contributed by atoms with Crippen LogP contribution in [0.3, 0.4) is 0 Å². The molecule has 1 fully saturated rings. The number of carbonyl (C=O) groups excluding carboxylic acids is 1. The normalized spacial score (nSPS) is 20.8. The zero-order valence-corrected chi connectivity index (χ0v) is 9.06. The van der Waals surface area contributed by atoms with Gasteiger partial charge in [0.1, 0.15) is 5.75 Å². The summed E-state index contributed by atoms with van der Waals surface area (Å²) in [6.07, 6.45) is 1.59. The molecule has 3 heteroatoms. The van der Waals surface area contributed by atoms with Gasteiger partial charge in [0, 0.05) is 24.2 Å². The summed E-state index contributed by atoms with van der Waals surface area (Å²) in [7, 11) is 1.63. The van der Waals surface area contributed by atoms with E-state index >= 15 is 0 Å². The van der Waals surface area contributed by atoms with Gasteiger partial charge in [0.25, 0.3) is 0 Å². The van der Waals surface area contributed by atoms with E-state index in [2.05, 4.69) is 6.92 Å². The molecule has 80 valence electrons. The summed E-state index contributed by atoms with van der Waals surface area (Å²) in [4.78, 5) is 13.5. The minimum Gasteiger partial charge on any atom is -0.497 e. The van der Waals surface area contributed by atoms with Crippen molar-refractivity contribution < 1.29 is 9.53 Å². The monoisotopic (exact) mass is 205 g/mol. The molecule has 1 heterocycles. The van der Waals surface area contributed by atoms with Crippen LogP contribution in [0.1, 0.15) is 19.8 Å². The molecule has 1 aromatic carbocycles. The number of hydrogen-bond donors (Lipinski definition) is 0. The summed E-state index contributed by atoms with van der Waals surface area (Å²) in [6.45, 7) is 2.07. The summed E-state index contributed by atoms with van der Waals surface area (Å²) in [5.74, 6) is 0.996. The van der Waals surface area contributed by atoms with Gasteiger partial charge < -0.3 is 9.64 Å². The molecule has 0 bridgehead atoms. The van der Waals surface area contributed by atoms with Crippen LogP contribution in [0.25, 0.3) is 0 Å². The largest absolute Gasteiger partial charge is 0.497 e. The highest BCUT2D eigenvalue weighted by atomic mass is 16.5. The number of carbonyl (C=O) groups is 1. The average Bonchev–Trinajstić information content (AvgIpc) is 2.59.